The average molecular weight is 321 g/mol. The summed E-state index contributed by atoms with van der Waals surface area (Å²) in [7, 11) is -3.27. The molecule has 1 aromatic rings. The molecule has 1 atom stereocenters. The van der Waals surface area contributed by atoms with Crippen molar-refractivity contribution in [2.75, 3.05) is 16.6 Å². The van der Waals surface area contributed by atoms with Gasteiger partial charge in [0.1, 0.15) is 6.10 Å². The van der Waals surface area contributed by atoms with Crippen molar-refractivity contribution in [2.24, 2.45) is 0 Å². The van der Waals surface area contributed by atoms with Crippen LogP contribution in [0.15, 0.2) is 36.4 Å². The molecule has 3 rings (SSSR count). The number of carbonyl (C=O) groups excluding carboxylic acids is 1. The van der Waals surface area contributed by atoms with Crippen LogP contribution in [0.5, 0.6) is 0 Å². The molecule has 22 heavy (non-hydrogen) atoms. The van der Waals surface area contributed by atoms with Gasteiger partial charge in [0.25, 0.3) is 0 Å². The number of rotatable bonds is 3. The van der Waals surface area contributed by atoms with E-state index in [9.17, 15) is 13.2 Å². The third-order valence-electron chi connectivity index (χ3n) is 3.95. The van der Waals surface area contributed by atoms with Gasteiger partial charge in [-0.05, 0) is 50.0 Å². The van der Waals surface area contributed by atoms with Crippen LogP contribution in [0.4, 0.5) is 5.69 Å². The van der Waals surface area contributed by atoms with Crippen molar-refractivity contribution in [1.29, 1.82) is 0 Å². The molecule has 6 heteroatoms. The minimum Gasteiger partial charge on any atom is -0.455 e. The highest BCUT2D eigenvalue weighted by Crippen LogP contribution is 2.25. The molecule has 1 aliphatic carbocycles. The summed E-state index contributed by atoms with van der Waals surface area (Å²) in [5, 5.41) is 0. The fraction of sp³-hybridized carbons (Fsp3) is 0.438. The second-order valence-corrected chi connectivity index (χ2v) is 7.61. The zero-order valence-corrected chi connectivity index (χ0v) is 13.1. The molecule has 1 aliphatic heterocycles. The quantitative estimate of drug-likeness (QED) is 0.634. The Bertz CT molecular complexity index is 696. The fourth-order valence-corrected chi connectivity index (χ4v) is 4.41. The Morgan fingerprint density at radius 1 is 1.27 bits per heavy atom. The van der Waals surface area contributed by atoms with E-state index >= 15 is 0 Å². The standard InChI is InChI=1S/C16H19NO4S/c18-16(21-15-8-1-2-9-15)13-6-5-7-14(12-13)17-10-3-4-11-22(17,19)20/h1,5-8,12,15H,2-4,9-11H2. The molecule has 1 unspecified atom stereocenters. The molecule has 118 valence electrons. The van der Waals surface area contributed by atoms with Crippen LogP contribution in [0, 0.1) is 0 Å². The molecule has 1 saturated heterocycles. The van der Waals surface area contributed by atoms with Gasteiger partial charge in [-0.3, -0.25) is 4.31 Å². The lowest BCUT2D eigenvalue weighted by molar-refractivity contribution is 0.0395. The Morgan fingerprint density at radius 2 is 2.14 bits per heavy atom. The van der Waals surface area contributed by atoms with Crippen molar-refractivity contribution >= 4 is 21.7 Å². The predicted octanol–water partition coefficient (Wildman–Crippen LogP) is 2.49. The van der Waals surface area contributed by atoms with Crippen LogP contribution in [0.3, 0.4) is 0 Å². The van der Waals surface area contributed by atoms with E-state index < -0.39 is 16.0 Å². The second kappa shape index (κ2) is 6.12. The number of hydrogen-bond acceptors (Lipinski definition) is 4. The Hall–Kier alpha value is -1.82. The third-order valence-corrected chi connectivity index (χ3v) is 5.82. The number of anilines is 1. The summed E-state index contributed by atoms with van der Waals surface area (Å²) in [6.45, 7) is 0.464. The van der Waals surface area contributed by atoms with Crippen LogP contribution >= 0.6 is 0 Å². The summed E-state index contributed by atoms with van der Waals surface area (Å²) in [5.74, 6) is -0.248. The average Bonchev–Trinajstić information content (AvgIpc) is 3.00. The van der Waals surface area contributed by atoms with Crippen molar-refractivity contribution in [2.45, 2.75) is 31.8 Å². The van der Waals surface area contributed by atoms with Gasteiger partial charge in [0.15, 0.2) is 0 Å². The van der Waals surface area contributed by atoms with Crippen LogP contribution in [0.25, 0.3) is 0 Å². The maximum absolute atomic E-state index is 12.2. The lowest BCUT2D eigenvalue weighted by atomic mass is 10.2. The van der Waals surface area contributed by atoms with Crippen molar-refractivity contribution in [1.82, 2.24) is 0 Å². The van der Waals surface area contributed by atoms with Gasteiger partial charge in [-0.2, -0.15) is 0 Å². The summed E-state index contributed by atoms with van der Waals surface area (Å²) < 4.78 is 31.1. The van der Waals surface area contributed by atoms with Crippen LogP contribution in [-0.4, -0.2) is 32.8 Å². The summed E-state index contributed by atoms with van der Waals surface area (Å²) in [4.78, 5) is 12.2. The minimum atomic E-state index is -3.27. The Labute approximate surface area is 130 Å². The summed E-state index contributed by atoms with van der Waals surface area (Å²) in [6, 6.07) is 6.67. The van der Waals surface area contributed by atoms with E-state index in [0.29, 0.717) is 24.2 Å². The molecule has 0 spiro atoms. The van der Waals surface area contributed by atoms with Crippen LogP contribution < -0.4 is 4.31 Å². The number of nitrogens with zero attached hydrogens (tertiary/aromatic N) is 1. The topological polar surface area (TPSA) is 63.7 Å². The highest BCUT2D eigenvalue weighted by molar-refractivity contribution is 7.92. The lowest BCUT2D eigenvalue weighted by Gasteiger charge is -2.28. The van der Waals surface area contributed by atoms with Gasteiger partial charge in [0.2, 0.25) is 10.0 Å². The van der Waals surface area contributed by atoms with Gasteiger partial charge >= 0.3 is 5.97 Å². The van der Waals surface area contributed by atoms with Crippen molar-refractivity contribution < 1.29 is 17.9 Å². The number of benzene rings is 1. The van der Waals surface area contributed by atoms with Crippen molar-refractivity contribution in [3.05, 3.63) is 42.0 Å². The van der Waals surface area contributed by atoms with Crippen LogP contribution in [0.2, 0.25) is 0 Å². The van der Waals surface area contributed by atoms with E-state index in [1.54, 1.807) is 24.3 Å². The van der Waals surface area contributed by atoms with Gasteiger partial charge < -0.3 is 4.74 Å². The van der Waals surface area contributed by atoms with E-state index in [2.05, 4.69) is 0 Å². The molecule has 0 amide bonds. The fourth-order valence-electron chi connectivity index (χ4n) is 2.78. The van der Waals surface area contributed by atoms with E-state index in [4.69, 9.17) is 4.74 Å². The molecule has 0 N–H and O–H groups in total. The first-order valence-electron chi connectivity index (χ1n) is 7.54. The number of allylic oxidation sites excluding steroid dienone is 1. The molecule has 0 saturated carbocycles. The molecular formula is C16H19NO4S. The zero-order valence-electron chi connectivity index (χ0n) is 12.3. The van der Waals surface area contributed by atoms with E-state index in [1.807, 2.05) is 12.2 Å². The van der Waals surface area contributed by atoms with Gasteiger partial charge in [-0.15, -0.1) is 0 Å². The van der Waals surface area contributed by atoms with Gasteiger partial charge in [0.05, 0.1) is 17.0 Å². The second-order valence-electron chi connectivity index (χ2n) is 5.59. The molecule has 2 aliphatic rings. The maximum atomic E-state index is 12.2. The van der Waals surface area contributed by atoms with Gasteiger partial charge in [-0.25, -0.2) is 13.2 Å². The highest BCUT2D eigenvalue weighted by Gasteiger charge is 2.26. The number of esters is 1. The first kappa shape index (κ1) is 15.1. The monoisotopic (exact) mass is 321 g/mol. The first-order chi connectivity index (χ1) is 10.6. The van der Waals surface area contributed by atoms with E-state index in [0.717, 1.165) is 19.3 Å². The SMILES string of the molecule is O=C(OC1C=CCC1)c1cccc(N2CCCCS2(=O)=O)c1. The Kier molecular flexibility index (Phi) is 4.20. The van der Waals surface area contributed by atoms with Gasteiger partial charge in [0, 0.05) is 6.54 Å². The number of ether oxygens (including phenoxy) is 1. The van der Waals surface area contributed by atoms with Crippen molar-refractivity contribution in [3.63, 3.8) is 0 Å². The summed E-state index contributed by atoms with van der Waals surface area (Å²) in [6.07, 6.45) is 6.96. The molecular weight excluding hydrogens is 302 g/mol. The molecule has 1 heterocycles. The number of carbonyl (C=O) groups is 1. The predicted molar refractivity (Wildman–Crippen MR) is 84.4 cm³/mol. The van der Waals surface area contributed by atoms with Crippen molar-refractivity contribution in [3.8, 4) is 0 Å². The largest absolute Gasteiger partial charge is 0.455 e. The lowest BCUT2D eigenvalue weighted by Crippen LogP contribution is -2.37. The highest BCUT2D eigenvalue weighted by atomic mass is 32.2. The summed E-state index contributed by atoms with van der Waals surface area (Å²) in [5.41, 5.74) is 0.926. The first-order valence-corrected chi connectivity index (χ1v) is 9.15. The molecule has 1 fully saturated rings. The van der Waals surface area contributed by atoms with E-state index in [1.165, 1.54) is 4.31 Å². The molecule has 1 aromatic carbocycles. The minimum absolute atomic E-state index is 0.161. The maximum Gasteiger partial charge on any atom is 0.338 e. The third kappa shape index (κ3) is 3.16. The number of sulfonamides is 1. The zero-order chi connectivity index (χ0) is 15.6. The van der Waals surface area contributed by atoms with E-state index in [-0.39, 0.29) is 11.9 Å². The molecule has 0 bridgehead atoms. The van der Waals surface area contributed by atoms with Crippen LogP contribution in [0.1, 0.15) is 36.0 Å². The Balaban J connectivity index is 1.80. The summed E-state index contributed by atoms with van der Waals surface area (Å²) >= 11 is 0. The van der Waals surface area contributed by atoms with Crippen LogP contribution in [-0.2, 0) is 14.8 Å². The smallest absolute Gasteiger partial charge is 0.338 e. The normalized spacial score (nSPS) is 23.5. The molecule has 5 nitrogen and oxygen atoms in total. The van der Waals surface area contributed by atoms with Gasteiger partial charge in [-0.1, -0.05) is 12.1 Å². The Morgan fingerprint density at radius 3 is 2.86 bits per heavy atom. The molecule has 0 radical (unpaired) electrons. The number of hydrogen-bond donors (Lipinski definition) is 0. The molecule has 0 aromatic heterocycles.